The van der Waals surface area contributed by atoms with E-state index in [2.05, 4.69) is 13.0 Å². The first kappa shape index (κ1) is 19.2. The zero-order chi connectivity index (χ0) is 20.5. The summed E-state index contributed by atoms with van der Waals surface area (Å²) in [7, 11) is 0. The lowest BCUT2D eigenvalue weighted by Crippen LogP contribution is -2.50. The monoisotopic (exact) mass is 391 g/mol. The summed E-state index contributed by atoms with van der Waals surface area (Å²) < 4.78 is 0. The van der Waals surface area contributed by atoms with Crippen LogP contribution >= 0.6 is 0 Å². The first-order valence-electron chi connectivity index (χ1n) is 10.0. The van der Waals surface area contributed by atoms with E-state index in [1.54, 1.807) is 41.0 Å². The Morgan fingerprint density at radius 3 is 1.97 bits per heavy atom. The molecule has 2 aromatic carbocycles. The Hall–Kier alpha value is -3.15. The number of para-hydroxylation sites is 1. The van der Waals surface area contributed by atoms with Crippen LogP contribution in [0.3, 0.4) is 0 Å². The molecule has 2 aromatic rings. The van der Waals surface area contributed by atoms with Crippen molar-refractivity contribution in [2.75, 3.05) is 31.1 Å². The lowest BCUT2D eigenvalue weighted by Gasteiger charge is -2.34. The molecule has 4 rings (SSSR count). The van der Waals surface area contributed by atoms with Gasteiger partial charge >= 0.3 is 0 Å². The van der Waals surface area contributed by atoms with Crippen molar-refractivity contribution in [1.82, 2.24) is 9.80 Å². The molecule has 6 nitrogen and oxygen atoms in total. The van der Waals surface area contributed by atoms with Crippen molar-refractivity contribution in [3.05, 3.63) is 65.2 Å². The van der Waals surface area contributed by atoms with E-state index in [0.717, 1.165) is 12.1 Å². The van der Waals surface area contributed by atoms with E-state index in [9.17, 15) is 14.4 Å². The third-order valence-corrected chi connectivity index (χ3v) is 5.82. The van der Waals surface area contributed by atoms with Gasteiger partial charge in [-0.25, -0.2) is 0 Å². The Labute approximate surface area is 170 Å². The van der Waals surface area contributed by atoms with Crippen LogP contribution in [0.2, 0.25) is 0 Å². The SMILES string of the molecule is CC(=O)N1CCN(C(=O)c2ccc(C(=O)N3c4ccccc4CC3C)cc2)CC1. The molecule has 1 fully saturated rings. The standard InChI is InChI=1S/C23H25N3O3/c1-16-15-20-5-3-4-6-21(20)26(16)23(29)19-9-7-18(8-10-19)22(28)25-13-11-24(12-14-25)17(2)27/h3-10,16H,11-15H2,1-2H3. The van der Waals surface area contributed by atoms with E-state index in [1.807, 2.05) is 23.1 Å². The number of carbonyl (C=O) groups is 3. The third kappa shape index (κ3) is 3.62. The Bertz CT molecular complexity index is 946. The molecule has 2 aliphatic rings. The molecule has 29 heavy (non-hydrogen) atoms. The van der Waals surface area contributed by atoms with E-state index < -0.39 is 0 Å². The van der Waals surface area contributed by atoms with Crippen molar-refractivity contribution in [3.63, 3.8) is 0 Å². The lowest BCUT2D eigenvalue weighted by atomic mass is 10.1. The summed E-state index contributed by atoms with van der Waals surface area (Å²) in [6.07, 6.45) is 0.852. The van der Waals surface area contributed by atoms with E-state index >= 15 is 0 Å². The summed E-state index contributed by atoms with van der Waals surface area (Å²) in [5.41, 5.74) is 3.29. The van der Waals surface area contributed by atoms with Gasteiger partial charge in [0.1, 0.15) is 0 Å². The third-order valence-electron chi connectivity index (χ3n) is 5.82. The summed E-state index contributed by atoms with van der Waals surface area (Å²) in [6.45, 7) is 5.78. The largest absolute Gasteiger partial charge is 0.339 e. The average molecular weight is 391 g/mol. The van der Waals surface area contributed by atoms with Gasteiger partial charge in [-0.2, -0.15) is 0 Å². The molecular formula is C23H25N3O3. The van der Waals surface area contributed by atoms with Gasteiger partial charge in [0.25, 0.3) is 11.8 Å². The molecule has 1 atom stereocenters. The van der Waals surface area contributed by atoms with Crippen LogP contribution in [0.25, 0.3) is 0 Å². The van der Waals surface area contributed by atoms with Crippen LogP contribution in [-0.2, 0) is 11.2 Å². The van der Waals surface area contributed by atoms with Crippen LogP contribution in [0.1, 0.15) is 40.1 Å². The molecule has 1 unspecified atom stereocenters. The Morgan fingerprint density at radius 1 is 0.793 bits per heavy atom. The number of nitrogens with zero attached hydrogens (tertiary/aromatic N) is 3. The molecule has 1 saturated heterocycles. The van der Waals surface area contributed by atoms with Gasteiger partial charge in [0, 0.05) is 56.0 Å². The fourth-order valence-electron chi connectivity index (χ4n) is 4.18. The Balaban J connectivity index is 1.46. The van der Waals surface area contributed by atoms with Crippen LogP contribution < -0.4 is 4.90 Å². The predicted molar refractivity (Wildman–Crippen MR) is 111 cm³/mol. The minimum absolute atomic E-state index is 0.0395. The quantitative estimate of drug-likeness (QED) is 0.791. The van der Waals surface area contributed by atoms with Gasteiger partial charge in [-0.05, 0) is 49.2 Å². The number of benzene rings is 2. The van der Waals surface area contributed by atoms with Crippen molar-refractivity contribution in [1.29, 1.82) is 0 Å². The summed E-state index contributed by atoms with van der Waals surface area (Å²) in [5.74, 6) is -0.0683. The number of amides is 3. The maximum Gasteiger partial charge on any atom is 0.258 e. The summed E-state index contributed by atoms with van der Waals surface area (Å²) in [6, 6.07) is 15.0. The maximum atomic E-state index is 13.1. The summed E-state index contributed by atoms with van der Waals surface area (Å²) >= 11 is 0. The maximum absolute atomic E-state index is 13.1. The number of fused-ring (bicyclic) bond motifs is 1. The molecule has 0 N–H and O–H groups in total. The zero-order valence-corrected chi connectivity index (χ0v) is 16.8. The number of anilines is 1. The number of rotatable bonds is 2. The van der Waals surface area contributed by atoms with Crippen LogP contribution in [0.15, 0.2) is 48.5 Å². The smallest absolute Gasteiger partial charge is 0.258 e. The normalized spacial score (nSPS) is 18.6. The Morgan fingerprint density at radius 2 is 1.34 bits per heavy atom. The fourth-order valence-corrected chi connectivity index (χ4v) is 4.18. The highest BCUT2D eigenvalue weighted by molar-refractivity contribution is 6.08. The first-order chi connectivity index (χ1) is 14.0. The molecule has 0 saturated carbocycles. The first-order valence-corrected chi connectivity index (χ1v) is 10.0. The molecule has 6 heteroatoms. The molecule has 150 valence electrons. The number of carbonyl (C=O) groups excluding carboxylic acids is 3. The van der Waals surface area contributed by atoms with Crippen molar-refractivity contribution in [3.8, 4) is 0 Å². The van der Waals surface area contributed by atoms with E-state index in [-0.39, 0.29) is 23.8 Å². The van der Waals surface area contributed by atoms with Crippen molar-refractivity contribution in [2.24, 2.45) is 0 Å². The van der Waals surface area contributed by atoms with Gasteiger partial charge in [0.15, 0.2) is 0 Å². The lowest BCUT2D eigenvalue weighted by molar-refractivity contribution is -0.130. The minimum Gasteiger partial charge on any atom is -0.339 e. The minimum atomic E-state index is -0.0629. The number of hydrogen-bond acceptors (Lipinski definition) is 3. The highest BCUT2D eigenvalue weighted by atomic mass is 16.2. The summed E-state index contributed by atoms with van der Waals surface area (Å²) in [5, 5.41) is 0. The fraction of sp³-hybridized carbons (Fsp3) is 0.348. The topological polar surface area (TPSA) is 60.9 Å². The molecule has 3 amide bonds. The van der Waals surface area contributed by atoms with Gasteiger partial charge in [0.2, 0.25) is 5.91 Å². The average Bonchev–Trinajstić information content (AvgIpc) is 3.08. The molecule has 0 radical (unpaired) electrons. The van der Waals surface area contributed by atoms with Gasteiger partial charge in [0.05, 0.1) is 0 Å². The number of hydrogen-bond donors (Lipinski definition) is 0. The molecule has 0 bridgehead atoms. The van der Waals surface area contributed by atoms with Gasteiger partial charge < -0.3 is 14.7 Å². The van der Waals surface area contributed by atoms with Crippen molar-refractivity contribution < 1.29 is 14.4 Å². The molecule has 0 aliphatic carbocycles. The molecule has 0 aromatic heterocycles. The zero-order valence-electron chi connectivity index (χ0n) is 16.8. The second-order valence-corrected chi connectivity index (χ2v) is 7.73. The van der Waals surface area contributed by atoms with Crippen molar-refractivity contribution >= 4 is 23.4 Å². The Kier molecular flexibility index (Phi) is 5.09. The molecule has 2 aliphatic heterocycles. The van der Waals surface area contributed by atoms with E-state index in [0.29, 0.717) is 37.3 Å². The van der Waals surface area contributed by atoms with Gasteiger partial charge in [-0.1, -0.05) is 18.2 Å². The van der Waals surface area contributed by atoms with Crippen LogP contribution in [0.4, 0.5) is 5.69 Å². The molecule has 2 heterocycles. The second kappa shape index (κ2) is 7.70. The summed E-state index contributed by atoms with van der Waals surface area (Å²) in [4.78, 5) is 42.6. The number of piperazine rings is 1. The molecular weight excluding hydrogens is 366 g/mol. The highest BCUT2D eigenvalue weighted by Crippen LogP contribution is 2.33. The predicted octanol–water partition coefficient (Wildman–Crippen LogP) is 2.58. The van der Waals surface area contributed by atoms with Gasteiger partial charge in [-0.3, -0.25) is 14.4 Å². The van der Waals surface area contributed by atoms with Gasteiger partial charge in [-0.15, -0.1) is 0 Å². The highest BCUT2D eigenvalue weighted by Gasteiger charge is 2.31. The van der Waals surface area contributed by atoms with Crippen LogP contribution in [0.5, 0.6) is 0 Å². The van der Waals surface area contributed by atoms with Crippen molar-refractivity contribution in [2.45, 2.75) is 26.3 Å². The van der Waals surface area contributed by atoms with E-state index in [1.165, 1.54) is 5.56 Å². The van der Waals surface area contributed by atoms with Crippen LogP contribution in [-0.4, -0.2) is 59.7 Å². The second-order valence-electron chi connectivity index (χ2n) is 7.73. The molecule has 0 spiro atoms. The van der Waals surface area contributed by atoms with Crippen LogP contribution in [0, 0.1) is 0 Å². The van der Waals surface area contributed by atoms with E-state index in [4.69, 9.17) is 0 Å².